The summed E-state index contributed by atoms with van der Waals surface area (Å²) in [4.78, 5) is 16.3. The summed E-state index contributed by atoms with van der Waals surface area (Å²) in [5, 5.41) is 2.98. The molecule has 0 unspecified atom stereocenters. The van der Waals surface area contributed by atoms with E-state index in [4.69, 9.17) is 0 Å². The number of aromatic nitrogens is 2. The molecule has 0 radical (unpaired) electrons. The van der Waals surface area contributed by atoms with Gasteiger partial charge < -0.3 is 9.88 Å². The summed E-state index contributed by atoms with van der Waals surface area (Å²) in [6, 6.07) is 8.03. The van der Waals surface area contributed by atoms with Crippen LogP contribution < -0.4 is 5.32 Å². The molecule has 2 aromatic rings. The lowest BCUT2D eigenvalue weighted by Gasteiger charge is -2.12. The molecular formula is C18H25N3OS. The maximum absolute atomic E-state index is 11.9. The minimum Gasteiger partial charge on any atom is -0.330 e. The zero-order valence-electron chi connectivity index (χ0n) is 14.1. The quantitative estimate of drug-likeness (QED) is 0.740. The van der Waals surface area contributed by atoms with Gasteiger partial charge in [-0.05, 0) is 23.4 Å². The van der Waals surface area contributed by atoms with E-state index in [1.165, 1.54) is 0 Å². The average Bonchev–Trinajstić information content (AvgIpc) is 2.96. The van der Waals surface area contributed by atoms with Gasteiger partial charge in [0, 0.05) is 42.7 Å². The summed E-state index contributed by atoms with van der Waals surface area (Å²) < 4.78 is 2.16. The topological polar surface area (TPSA) is 46.9 Å². The number of nitrogens with one attached hydrogen (secondary N) is 1. The number of anilines is 1. The van der Waals surface area contributed by atoms with E-state index in [1.807, 2.05) is 30.6 Å². The largest absolute Gasteiger partial charge is 0.330 e. The van der Waals surface area contributed by atoms with E-state index < -0.39 is 0 Å². The van der Waals surface area contributed by atoms with Crippen molar-refractivity contribution in [1.29, 1.82) is 0 Å². The highest BCUT2D eigenvalue weighted by Gasteiger charge is 2.08. The molecule has 0 saturated carbocycles. The Morgan fingerprint density at radius 2 is 2.22 bits per heavy atom. The number of hydrogen-bond donors (Lipinski definition) is 1. The number of carbonyl (C=O) groups excluding carboxylic acids is 1. The third-order valence-corrected chi connectivity index (χ3v) is 4.41. The molecule has 1 amide bonds. The fraction of sp³-hybridized carbons (Fsp3) is 0.444. The third-order valence-electron chi connectivity index (χ3n) is 3.51. The number of thioether (sulfide) groups is 1. The van der Waals surface area contributed by atoms with Crippen LogP contribution in [0.5, 0.6) is 0 Å². The van der Waals surface area contributed by atoms with Crippen LogP contribution in [0.2, 0.25) is 0 Å². The van der Waals surface area contributed by atoms with Crippen LogP contribution in [-0.2, 0) is 11.3 Å². The second kappa shape index (κ2) is 8.77. The second-order valence-corrected chi connectivity index (χ2v) is 7.16. The standard InChI is InChI=1S/C18H25N3OS/c1-4-23-11-8-17(22)20-16-7-5-6-15(12-16)13-21-10-9-19-18(21)14(2)3/h5-7,9-10,12,14H,4,8,11,13H2,1-3H3,(H,20,22). The fourth-order valence-corrected chi connectivity index (χ4v) is 3.05. The number of hydrogen-bond acceptors (Lipinski definition) is 3. The zero-order chi connectivity index (χ0) is 16.7. The van der Waals surface area contributed by atoms with Crippen molar-refractivity contribution in [3.63, 3.8) is 0 Å². The van der Waals surface area contributed by atoms with Gasteiger partial charge in [0.25, 0.3) is 0 Å². The minimum atomic E-state index is 0.0774. The Kier molecular flexibility index (Phi) is 6.71. The first-order valence-electron chi connectivity index (χ1n) is 8.07. The summed E-state index contributed by atoms with van der Waals surface area (Å²) in [6.45, 7) is 7.16. The Labute approximate surface area is 142 Å². The Morgan fingerprint density at radius 3 is 2.96 bits per heavy atom. The molecular weight excluding hydrogens is 306 g/mol. The highest BCUT2D eigenvalue weighted by molar-refractivity contribution is 7.99. The predicted octanol–water partition coefficient (Wildman–Crippen LogP) is 4.14. The molecule has 5 heteroatoms. The summed E-state index contributed by atoms with van der Waals surface area (Å²) in [5.74, 6) is 3.47. The smallest absolute Gasteiger partial charge is 0.225 e. The molecule has 2 rings (SSSR count). The van der Waals surface area contributed by atoms with Crippen molar-refractivity contribution in [3.05, 3.63) is 48.0 Å². The predicted molar refractivity (Wildman–Crippen MR) is 98.1 cm³/mol. The highest BCUT2D eigenvalue weighted by atomic mass is 32.2. The molecule has 0 aliphatic carbocycles. The van der Waals surface area contributed by atoms with E-state index in [0.29, 0.717) is 12.3 Å². The highest BCUT2D eigenvalue weighted by Crippen LogP contribution is 2.16. The molecule has 1 aromatic heterocycles. The molecule has 124 valence electrons. The molecule has 1 N–H and O–H groups in total. The van der Waals surface area contributed by atoms with Crippen LogP contribution in [0.15, 0.2) is 36.7 Å². The Hall–Kier alpha value is -1.75. The molecule has 0 aliphatic rings. The van der Waals surface area contributed by atoms with Gasteiger partial charge in [-0.15, -0.1) is 0 Å². The number of carbonyl (C=O) groups is 1. The van der Waals surface area contributed by atoms with Crippen molar-refractivity contribution in [2.24, 2.45) is 0 Å². The van der Waals surface area contributed by atoms with E-state index in [0.717, 1.165) is 35.1 Å². The van der Waals surface area contributed by atoms with Gasteiger partial charge in [0.15, 0.2) is 0 Å². The minimum absolute atomic E-state index is 0.0774. The van der Waals surface area contributed by atoms with Gasteiger partial charge >= 0.3 is 0 Å². The van der Waals surface area contributed by atoms with Crippen LogP contribution in [0.25, 0.3) is 0 Å². The van der Waals surface area contributed by atoms with Gasteiger partial charge in [-0.2, -0.15) is 11.8 Å². The normalized spacial score (nSPS) is 11.0. The first-order chi connectivity index (χ1) is 11.1. The van der Waals surface area contributed by atoms with Crippen LogP contribution in [0.3, 0.4) is 0 Å². The summed E-state index contributed by atoms with van der Waals surface area (Å²) in [7, 11) is 0. The summed E-state index contributed by atoms with van der Waals surface area (Å²) in [6.07, 6.45) is 4.40. The maximum Gasteiger partial charge on any atom is 0.225 e. The van der Waals surface area contributed by atoms with Crippen molar-refractivity contribution < 1.29 is 4.79 Å². The van der Waals surface area contributed by atoms with Crippen molar-refractivity contribution in [2.75, 3.05) is 16.8 Å². The van der Waals surface area contributed by atoms with Crippen molar-refractivity contribution in [2.45, 2.75) is 39.7 Å². The molecule has 0 bridgehead atoms. The number of benzene rings is 1. The van der Waals surface area contributed by atoms with Gasteiger partial charge in [0.1, 0.15) is 5.82 Å². The lowest BCUT2D eigenvalue weighted by Crippen LogP contribution is -2.12. The number of imidazole rings is 1. The average molecular weight is 331 g/mol. The van der Waals surface area contributed by atoms with Crippen molar-refractivity contribution in [3.8, 4) is 0 Å². The van der Waals surface area contributed by atoms with Crippen LogP contribution >= 0.6 is 11.8 Å². The lowest BCUT2D eigenvalue weighted by molar-refractivity contribution is -0.115. The molecule has 0 saturated heterocycles. The Morgan fingerprint density at radius 1 is 1.39 bits per heavy atom. The first kappa shape index (κ1) is 17.6. The summed E-state index contributed by atoms with van der Waals surface area (Å²) in [5.41, 5.74) is 2.02. The molecule has 0 aliphatic heterocycles. The van der Waals surface area contributed by atoms with E-state index in [9.17, 15) is 4.79 Å². The molecule has 1 aromatic carbocycles. The third kappa shape index (κ3) is 5.43. The number of nitrogens with zero attached hydrogens (tertiary/aromatic N) is 2. The first-order valence-corrected chi connectivity index (χ1v) is 9.23. The van der Waals surface area contributed by atoms with Gasteiger partial charge in [0.2, 0.25) is 5.91 Å². The fourth-order valence-electron chi connectivity index (χ4n) is 2.43. The van der Waals surface area contributed by atoms with E-state index in [-0.39, 0.29) is 5.91 Å². The summed E-state index contributed by atoms with van der Waals surface area (Å²) >= 11 is 1.79. The van der Waals surface area contributed by atoms with E-state index in [2.05, 4.69) is 41.7 Å². The Balaban J connectivity index is 1.99. The lowest BCUT2D eigenvalue weighted by atomic mass is 10.1. The van der Waals surface area contributed by atoms with Crippen molar-refractivity contribution >= 4 is 23.4 Å². The van der Waals surface area contributed by atoms with Crippen LogP contribution in [0.4, 0.5) is 5.69 Å². The maximum atomic E-state index is 11.9. The zero-order valence-corrected chi connectivity index (χ0v) is 14.9. The van der Waals surface area contributed by atoms with Crippen LogP contribution in [-0.4, -0.2) is 27.0 Å². The SMILES string of the molecule is CCSCCC(=O)Nc1cccc(Cn2ccnc2C(C)C)c1. The molecule has 4 nitrogen and oxygen atoms in total. The van der Waals surface area contributed by atoms with Gasteiger partial charge in [-0.1, -0.05) is 32.9 Å². The molecule has 1 heterocycles. The Bertz CT molecular complexity index is 637. The molecule has 0 spiro atoms. The van der Waals surface area contributed by atoms with Gasteiger partial charge in [-0.3, -0.25) is 4.79 Å². The molecule has 0 atom stereocenters. The second-order valence-electron chi connectivity index (χ2n) is 5.76. The van der Waals surface area contributed by atoms with E-state index >= 15 is 0 Å². The number of rotatable bonds is 8. The van der Waals surface area contributed by atoms with Crippen LogP contribution in [0.1, 0.15) is 44.5 Å². The van der Waals surface area contributed by atoms with Crippen LogP contribution in [0, 0.1) is 0 Å². The van der Waals surface area contributed by atoms with Gasteiger partial charge in [-0.25, -0.2) is 4.98 Å². The van der Waals surface area contributed by atoms with E-state index in [1.54, 1.807) is 11.8 Å². The monoisotopic (exact) mass is 331 g/mol. The molecule has 0 fully saturated rings. The van der Waals surface area contributed by atoms with Gasteiger partial charge in [0.05, 0.1) is 0 Å². The van der Waals surface area contributed by atoms with Crippen molar-refractivity contribution in [1.82, 2.24) is 9.55 Å². The number of amides is 1. The molecule has 23 heavy (non-hydrogen) atoms.